The summed E-state index contributed by atoms with van der Waals surface area (Å²) >= 11 is 0. The number of carbonyl (C=O) groups is 1. The highest BCUT2D eigenvalue weighted by Gasteiger charge is 2.07. The number of aliphatic carboxylic acids is 1. The normalized spacial score (nSPS) is 12.3. The molecule has 0 heterocycles. The number of aliphatic hydroxyl groups is 1. The van der Waals surface area contributed by atoms with Gasteiger partial charge >= 0.3 is 5.97 Å². The molecule has 3 heteroatoms. The Morgan fingerprint density at radius 2 is 1.21 bits per heavy atom. The van der Waals surface area contributed by atoms with Gasteiger partial charge < -0.3 is 10.2 Å². The van der Waals surface area contributed by atoms with E-state index < -0.39 is 5.97 Å². The Hall–Kier alpha value is -0.990. The smallest absolute Gasteiger partial charge is 0.334 e. The number of carboxylic acids is 1. The number of hydrogen-bond acceptors (Lipinski definition) is 2. The highest BCUT2D eigenvalue weighted by molar-refractivity contribution is 5.86. The second kappa shape index (κ2) is 12.1. The van der Waals surface area contributed by atoms with Crippen molar-refractivity contribution >= 4 is 5.97 Å². The molecule has 0 radical (unpaired) electrons. The van der Waals surface area contributed by atoms with Gasteiger partial charge in [-0.1, -0.05) is 64.7 Å². The van der Waals surface area contributed by atoms with Crippen LogP contribution >= 0.6 is 0 Å². The van der Waals surface area contributed by atoms with E-state index in [9.17, 15) is 9.90 Å². The summed E-state index contributed by atoms with van der Waals surface area (Å²) in [5.41, 5.74) is 0.0796. The highest BCUT2D eigenvalue weighted by Crippen LogP contribution is 2.14. The van der Waals surface area contributed by atoms with Crippen molar-refractivity contribution in [1.29, 1.82) is 0 Å². The van der Waals surface area contributed by atoms with Crippen LogP contribution in [-0.4, -0.2) is 16.2 Å². The molecule has 3 nitrogen and oxygen atoms in total. The molecule has 0 spiro atoms. The molecule has 0 aromatic heterocycles. The van der Waals surface area contributed by atoms with Gasteiger partial charge in [0, 0.05) is 6.42 Å². The molecule has 112 valence electrons. The van der Waals surface area contributed by atoms with Crippen molar-refractivity contribution in [2.24, 2.45) is 0 Å². The Labute approximate surface area is 117 Å². The molecule has 2 N–H and O–H groups in total. The summed E-state index contributed by atoms with van der Waals surface area (Å²) in [6.45, 7) is 3.68. The van der Waals surface area contributed by atoms with Crippen LogP contribution in [0, 0.1) is 0 Å². The molecule has 0 aliphatic rings. The van der Waals surface area contributed by atoms with Crippen molar-refractivity contribution in [1.82, 2.24) is 0 Å². The van der Waals surface area contributed by atoms with Gasteiger partial charge in [-0.15, -0.1) is 0 Å². The van der Waals surface area contributed by atoms with E-state index in [4.69, 9.17) is 5.11 Å². The van der Waals surface area contributed by atoms with Gasteiger partial charge in [-0.25, -0.2) is 4.79 Å². The van der Waals surface area contributed by atoms with E-state index in [0.29, 0.717) is 6.42 Å². The molecule has 0 aromatic rings. The summed E-state index contributed by atoms with van der Waals surface area (Å²) in [6, 6.07) is 0. The minimum atomic E-state index is -1.02. The van der Waals surface area contributed by atoms with E-state index in [1.54, 1.807) is 0 Å². The molecule has 0 fully saturated rings. The zero-order valence-corrected chi connectivity index (χ0v) is 12.6. The molecule has 0 rings (SSSR count). The fourth-order valence-electron chi connectivity index (χ4n) is 2.09. The van der Waals surface area contributed by atoms with Crippen molar-refractivity contribution in [2.45, 2.75) is 84.5 Å². The van der Waals surface area contributed by atoms with Crippen LogP contribution in [0.25, 0.3) is 0 Å². The average Bonchev–Trinajstić information content (AvgIpc) is 2.39. The van der Waals surface area contributed by atoms with Gasteiger partial charge in [0.05, 0.1) is 5.57 Å². The Morgan fingerprint density at radius 1 is 0.789 bits per heavy atom. The molecule has 0 unspecified atom stereocenters. The average molecular weight is 270 g/mol. The van der Waals surface area contributed by atoms with Crippen LogP contribution in [0.3, 0.4) is 0 Å². The van der Waals surface area contributed by atoms with Crippen LogP contribution < -0.4 is 0 Å². The summed E-state index contributed by atoms with van der Waals surface area (Å²) < 4.78 is 0. The van der Waals surface area contributed by atoms with E-state index >= 15 is 0 Å². The fraction of sp³-hybridized carbons (Fsp3) is 0.812. The van der Waals surface area contributed by atoms with Crippen molar-refractivity contribution < 1.29 is 15.0 Å². The third-order valence-electron chi connectivity index (χ3n) is 3.52. The first-order valence-electron chi connectivity index (χ1n) is 7.71. The van der Waals surface area contributed by atoms with Crippen LogP contribution in [0.4, 0.5) is 0 Å². The third-order valence-corrected chi connectivity index (χ3v) is 3.52. The number of allylic oxidation sites excluding steroid dienone is 1. The molecule has 0 aliphatic heterocycles. The molecule has 0 saturated heterocycles. The summed E-state index contributed by atoms with van der Waals surface area (Å²) in [5.74, 6) is -0.989. The van der Waals surface area contributed by atoms with Crippen LogP contribution in [0.5, 0.6) is 0 Å². The lowest BCUT2D eigenvalue weighted by molar-refractivity contribution is -0.132. The Kier molecular flexibility index (Phi) is 11.4. The monoisotopic (exact) mass is 270 g/mol. The van der Waals surface area contributed by atoms with Gasteiger partial charge in [0.1, 0.15) is 5.76 Å². The minimum Gasteiger partial charge on any atom is -0.512 e. The first-order chi connectivity index (χ1) is 9.09. The Morgan fingerprint density at radius 3 is 1.63 bits per heavy atom. The van der Waals surface area contributed by atoms with E-state index in [1.165, 1.54) is 58.3 Å². The Bertz CT molecular complexity index is 269. The Balaban J connectivity index is 3.36. The van der Waals surface area contributed by atoms with E-state index in [-0.39, 0.29) is 11.3 Å². The topological polar surface area (TPSA) is 57.5 Å². The number of carboxylic acid groups (broad SMARTS) is 1. The van der Waals surface area contributed by atoms with E-state index in [2.05, 4.69) is 6.92 Å². The zero-order valence-electron chi connectivity index (χ0n) is 12.6. The number of unbranched alkanes of at least 4 members (excludes halogenated alkanes) is 9. The van der Waals surface area contributed by atoms with Crippen LogP contribution in [0.2, 0.25) is 0 Å². The number of aliphatic hydroxyl groups excluding tert-OH is 1. The zero-order chi connectivity index (χ0) is 14.5. The quantitative estimate of drug-likeness (QED) is 0.290. The standard InChI is InChI=1S/C16H30O3/c1-3-4-5-6-7-8-9-10-11-12-13-15(17)14(2)16(18)19/h17H,3-13H2,1-2H3,(H,18,19)/b15-14+. The molecular formula is C16H30O3. The van der Waals surface area contributed by atoms with Gasteiger partial charge in [-0.3, -0.25) is 0 Å². The predicted molar refractivity (Wildman–Crippen MR) is 79.4 cm³/mol. The number of hydrogen-bond donors (Lipinski definition) is 2. The molecule has 0 amide bonds. The molecule has 0 bridgehead atoms. The fourth-order valence-corrected chi connectivity index (χ4v) is 2.09. The molecule has 0 atom stereocenters. The maximum Gasteiger partial charge on any atom is 0.334 e. The first kappa shape index (κ1) is 18.0. The lowest BCUT2D eigenvalue weighted by atomic mass is 10.0. The maximum absolute atomic E-state index is 10.6. The van der Waals surface area contributed by atoms with E-state index in [0.717, 1.165) is 12.8 Å². The molecule has 0 aromatic carbocycles. The van der Waals surface area contributed by atoms with Gasteiger partial charge in [-0.2, -0.15) is 0 Å². The molecule has 19 heavy (non-hydrogen) atoms. The second-order valence-corrected chi connectivity index (χ2v) is 5.31. The SMILES string of the molecule is CCCCCCCCCCCC/C(O)=C(/C)C(=O)O. The van der Waals surface area contributed by atoms with Crippen molar-refractivity contribution in [2.75, 3.05) is 0 Å². The molecule has 0 aliphatic carbocycles. The first-order valence-corrected chi connectivity index (χ1v) is 7.71. The van der Waals surface area contributed by atoms with E-state index in [1.807, 2.05) is 0 Å². The summed E-state index contributed by atoms with van der Waals surface area (Å²) in [7, 11) is 0. The highest BCUT2D eigenvalue weighted by atomic mass is 16.4. The van der Waals surface area contributed by atoms with Crippen LogP contribution in [-0.2, 0) is 4.79 Å². The second-order valence-electron chi connectivity index (χ2n) is 5.31. The summed E-state index contributed by atoms with van der Waals surface area (Å²) in [5, 5.41) is 18.2. The third kappa shape index (κ3) is 10.6. The van der Waals surface area contributed by atoms with Crippen molar-refractivity contribution in [3.05, 3.63) is 11.3 Å². The largest absolute Gasteiger partial charge is 0.512 e. The van der Waals surface area contributed by atoms with Crippen molar-refractivity contribution in [3.63, 3.8) is 0 Å². The summed E-state index contributed by atoms with van der Waals surface area (Å²) in [4.78, 5) is 10.6. The van der Waals surface area contributed by atoms with Crippen LogP contribution in [0.1, 0.15) is 84.5 Å². The lowest BCUT2D eigenvalue weighted by Gasteiger charge is -2.04. The van der Waals surface area contributed by atoms with Gasteiger partial charge in [0.15, 0.2) is 0 Å². The lowest BCUT2D eigenvalue weighted by Crippen LogP contribution is -2.01. The molecular weight excluding hydrogens is 240 g/mol. The maximum atomic E-state index is 10.6. The van der Waals surface area contributed by atoms with Gasteiger partial charge in [-0.05, 0) is 13.3 Å². The van der Waals surface area contributed by atoms with Crippen LogP contribution in [0.15, 0.2) is 11.3 Å². The summed E-state index contributed by atoms with van der Waals surface area (Å²) in [6.07, 6.45) is 12.9. The predicted octanol–water partition coefficient (Wildman–Crippen LogP) is 5.21. The minimum absolute atomic E-state index is 0.0343. The van der Waals surface area contributed by atoms with Crippen molar-refractivity contribution in [3.8, 4) is 0 Å². The van der Waals surface area contributed by atoms with Gasteiger partial charge in [0.2, 0.25) is 0 Å². The number of rotatable bonds is 12. The molecule has 0 saturated carbocycles. The van der Waals surface area contributed by atoms with Gasteiger partial charge in [0.25, 0.3) is 0 Å².